The number of nitrogens with two attached hydrogens (primary N) is 1. The van der Waals surface area contributed by atoms with Crippen LogP contribution in [0.15, 0.2) is 36.7 Å². The molecule has 0 amide bonds. The van der Waals surface area contributed by atoms with E-state index in [1.54, 1.807) is 0 Å². The molecular formula is C22H31Cl2N7. The highest BCUT2D eigenvalue weighted by molar-refractivity contribution is 5.86. The van der Waals surface area contributed by atoms with Gasteiger partial charge in [-0.3, -0.25) is 0 Å². The first-order valence-corrected chi connectivity index (χ1v) is 10.8. The summed E-state index contributed by atoms with van der Waals surface area (Å²) in [6.07, 6.45) is 11.1. The van der Waals surface area contributed by atoms with Gasteiger partial charge in [0.2, 0.25) is 5.95 Å². The summed E-state index contributed by atoms with van der Waals surface area (Å²) in [5, 5.41) is 7.02. The standard InChI is InChI=1S/C22H29N7.2ClH/c23-15-10-12-17(13-11-15)26-22-27-20(25-16-6-2-1-3-7-16)19-21(28-22)29(14-24-19)18-8-4-5-9-18;;/h1-3,6-7,14-15,17-18H,4-5,8-13,23H2,(H2,25,26,27,28);2*1H. The van der Waals surface area contributed by atoms with Gasteiger partial charge in [-0.2, -0.15) is 9.97 Å². The van der Waals surface area contributed by atoms with E-state index in [1.165, 1.54) is 25.7 Å². The molecule has 5 rings (SSSR count). The average Bonchev–Trinajstić information content (AvgIpc) is 3.40. The molecule has 0 radical (unpaired) electrons. The van der Waals surface area contributed by atoms with Crippen molar-refractivity contribution in [3.05, 3.63) is 36.7 Å². The molecule has 2 fully saturated rings. The summed E-state index contributed by atoms with van der Waals surface area (Å²) in [6, 6.07) is 11.3. The Labute approximate surface area is 195 Å². The van der Waals surface area contributed by atoms with Gasteiger partial charge in [0.15, 0.2) is 17.0 Å². The van der Waals surface area contributed by atoms with Gasteiger partial charge in [0.1, 0.15) is 0 Å². The van der Waals surface area contributed by atoms with Gasteiger partial charge in [-0.1, -0.05) is 31.0 Å². The molecule has 9 heteroatoms. The topological polar surface area (TPSA) is 93.7 Å². The van der Waals surface area contributed by atoms with Crippen LogP contribution in [0.1, 0.15) is 57.4 Å². The maximum Gasteiger partial charge on any atom is 0.227 e. The maximum atomic E-state index is 6.07. The van der Waals surface area contributed by atoms with Crippen LogP contribution in [0.25, 0.3) is 11.2 Å². The number of anilines is 3. The zero-order valence-corrected chi connectivity index (χ0v) is 19.2. The molecule has 3 aromatic rings. The van der Waals surface area contributed by atoms with Crippen molar-refractivity contribution >= 4 is 53.4 Å². The van der Waals surface area contributed by atoms with E-state index in [9.17, 15) is 0 Å². The number of hydrogen-bond donors (Lipinski definition) is 3. The molecule has 0 unspecified atom stereocenters. The SMILES string of the molecule is Cl.Cl.NC1CCC(Nc2nc(Nc3ccccc3)c3ncn(C4CCCC4)c3n2)CC1. The van der Waals surface area contributed by atoms with Crippen LogP contribution in [0.4, 0.5) is 17.5 Å². The third-order valence-electron chi connectivity index (χ3n) is 6.28. The molecule has 0 spiro atoms. The molecule has 31 heavy (non-hydrogen) atoms. The van der Waals surface area contributed by atoms with E-state index < -0.39 is 0 Å². The lowest BCUT2D eigenvalue weighted by molar-refractivity contribution is 0.410. The van der Waals surface area contributed by atoms with Crippen LogP contribution in [0, 0.1) is 0 Å². The third-order valence-corrected chi connectivity index (χ3v) is 6.28. The molecule has 2 heterocycles. The minimum Gasteiger partial charge on any atom is -0.351 e. The predicted octanol–water partition coefficient (Wildman–Crippen LogP) is 5.21. The fourth-order valence-corrected chi connectivity index (χ4v) is 4.62. The summed E-state index contributed by atoms with van der Waals surface area (Å²) >= 11 is 0. The van der Waals surface area contributed by atoms with Crippen LogP contribution in [0.3, 0.4) is 0 Å². The van der Waals surface area contributed by atoms with Gasteiger partial charge in [0, 0.05) is 23.8 Å². The minimum atomic E-state index is 0. The Kier molecular flexibility index (Phi) is 7.97. The molecule has 4 N–H and O–H groups in total. The number of fused-ring (bicyclic) bond motifs is 1. The van der Waals surface area contributed by atoms with Crippen LogP contribution in [0.5, 0.6) is 0 Å². The molecule has 2 aliphatic carbocycles. The normalized spacial score (nSPS) is 21.3. The first-order valence-electron chi connectivity index (χ1n) is 10.8. The smallest absolute Gasteiger partial charge is 0.227 e. The number of rotatable bonds is 5. The second-order valence-corrected chi connectivity index (χ2v) is 8.41. The van der Waals surface area contributed by atoms with Crippen molar-refractivity contribution < 1.29 is 0 Å². The molecule has 0 saturated heterocycles. The van der Waals surface area contributed by atoms with E-state index >= 15 is 0 Å². The molecule has 0 bridgehead atoms. The van der Waals surface area contributed by atoms with Crippen LogP contribution < -0.4 is 16.4 Å². The Hall–Kier alpha value is -2.09. The van der Waals surface area contributed by atoms with Crippen molar-refractivity contribution in [2.24, 2.45) is 5.73 Å². The molecule has 7 nitrogen and oxygen atoms in total. The highest BCUT2D eigenvalue weighted by Crippen LogP contribution is 2.34. The van der Waals surface area contributed by atoms with Gasteiger partial charge in [-0.05, 0) is 50.7 Å². The summed E-state index contributed by atoms with van der Waals surface area (Å²) in [5.74, 6) is 1.43. The van der Waals surface area contributed by atoms with Crippen molar-refractivity contribution in [3.8, 4) is 0 Å². The molecule has 168 valence electrons. The van der Waals surface area contributed by atoms with Crippen LogP contribution in [-0.4, -0.2) is 31.6 Å². The van der Waals surface area contributed by atoms with Gasteiger partial charge in [0.25, 0.3) is 0 Å². The number of halogens is 2. The van der Waals surface area contributed by atoms with Crippen molar-refractivity contribution in [3.63, 3.8) is 0 Å². The maximum absolute atomic E-state index is 6.07. The van der Waals surface area contributed by atoms with Crippen molar-refractivity contribution in [1.29, 1.82) is 0 Å². The van der Waals surface area contributed by atoms with Crippen LogP contribution in [0.2, 0.25) is 0 Å². The van der Waals surface area contributed by atoms with E-state index in [1.807, 2.05) is 36.7 Å². The van der Waals surface area contributed by atoms with Gasteiger partial charge in [-0.15, -0.1) is 24.8 Å². The van der Waals surface area contributed by atoms with Gasteiger partial charge in [0.05, 0.1) is 6.33 Å². The third kappa shape index (κ3) is 5.22. The molecule has 0 atom stereocenters. The summed E-state index contributed by atoms with van der Waals surface area (Å²) in [4.78, 5) is 14.4. The van der Waals surface area contributed by atoms with Gasteiger partial charge in [-0.25, -0.2) is 4.98 Å². The monoisotopic (exact) mass is 463 g/mol. The number of nitrogens with one attached hydrogen (secondary N) is 2. The lowest BCUT2D eigenvalue weighted by atomic mass is 9.92. The quantitative estimate of drug-likeness (QED) is 0.480. The number of nitrogens with zero attached hydrogens (tertiary/aromatic N) is 4. The predicted molar refractivity (Wildman–Crippen MR) is 131 cm³/mol. The molecule has 2 aromatic heterocycles. The van der Waals surface area contributed by atoms with Crippen LogP contribution >= 0.6 is 24.8 Å². The minimum absolute atomic E-state index is 0. The number of benzene rings is 1. The fraction of sp³-hybridized carbons (Fsp3) is 0.500. The molecular weight excluding hydrogens is 433 g/mol. The second kappa shape index (κ2) is 10.5. The number of para-hydroxylation sites is 1. The Bertz CT molecular complexity index is 965. The second-order valence-electron chi connectivity index (χ2n) is 8.41. The molecule has 2 saturated carbocycles. The first kappa shape index (κ1) is 23.6. The summed E-state index contributed by atoms with van der Waals surface area (Å²) < 4.78 is 2.25. The van der Waals surface area contributed by atoms with Crippen molar-refractivity contribution in [1.82, 2.24) is 19.5 Å². The summed E-state index contributed by atoms with van der Waals surface area (Å²) in [7, 11) is 0. The van der Waals surface area contributed by atoms with E-state index in [-0.39, 0.29) is 24.8 Å². The summed E-state index contributed by atoms with van der Waals surface area (Å²) in [6.45, 7) is 0. The van der Waals surface area contributed by atoms with E-state index in [4.69, 9.17) is 15.7 Å². The highest BCUT2D eigenvalue weighted by atomic mass is 35.5. The fourth-order valence-electron chi connectivity index (χ4n) is 4.62. The van der Waals surface area contributed by atoms with E-state index in [2.05, 4.69) is 20.2 Å². The Morgan fingerprint density at radius 2 is 1.61 bits per heavy atom. The molecule has 0 aliphatic heterocycles. The van der Waals surface area contributed by atoms with E-state index in [0.29, 0.717) is 24.1 Å². The molecule has 1 aromatic carbocycles. The van der Waals surface area contributed by atoms with Crippen molar-refractivity contribution in [2.75, 3.05) is 10.6 Å². The summed E-state index contributed by atoms with van der Waals surface area (Å²) in [5.41, 5.74) is 8.82. The van der Waals surface area contributed by atoms with E-state index in [0.717, 1.165) is 48.4 Å². The van der Waals surface area contributed by atoms with Crippen molar-refractivity contribution in [2.45, 2.75) is 69.5 Å². The average molecular weight is 464 g/mol. The Morgan fingerprint density at radius 1 is 0.903 bits per heavy atom. The number of hydrogen-bond acceptors (Lipinski definition) is 6. The first-order chi connectivity index (χ1) is 14.3. The van der Waals surface area contributed by atoms with Crippen LogP contribution in [-0.2, 0) is 0 Å². The van der Waals surface area contributed by atoms with Gasteiger partial charge < -0.3 is 20.9 Å². The Morgan fingerprint density at radius 3 is 2.32 bits per heavy atom. The largest absolute Gasteiger partial charge is 0.351 e. The lowest BCUT2D eigenvalue weighted by Crippen LogP contribution is -2.33. The zero-order valence-electron chi connectivity index (χ0n) is 17.5. The lowest BCUT2D eigenvalue weighted by Gasteiger charge is -2.27. The number of aromatic nitrogens is 4. The number of imidazole rings is 1. The Balaban J connectivity index is 0.00000136. The van der Waals surface area contributed by atoms with Gasteiger partial charge >= 0.3 is 0 Å². The highest BCUT2D eigenvalue weighted by Gasteiger charge is 2.23. The molecule has 2 aliphatic rings. The zero-order chi connectivity index (χ0) is 19.6.